The first-order chi connectivity index (χ1) is 5.44. The zero-order chi connectivity index (χ0) is 9.41. The van der Waals surface area contributed by atoms with Gasteiger partial charge in [-0.25, -0.2) is 0 Å². The van der Waals surface area contributed by atoms with Crippen LogP contribution in [0, 0.1) is 0 Å². The third kappa shape index (κ3) is 1.15. The van der Waals surface area contributed by atoms with Crippen molar-refractivity contribution in [2.24, 2.45) is 10.2 Å². The molecule has 12 heavy (non-hydrogen) atoms. The second kappa shape index (κ2) is 2.43. The van der Waals surface area contributed by atoms with Gasteiger partial charge in [-0.15, -0.1) is 10.2 Å². The highest BCUT2D eigenvalue weighted by atomic mass is 19.4. The van der Waals surface area contributed by atoms with Crippen LogP contribution in [0.25, 0.3) is 0 Å². The van der Waals surface area contributed by atoms with E-state index in [0.717, 1.165) is 0 Å². The van der Waals surface area contributed by atoms with Crippen molar-refractivity contribution in [1.82, 2.24) is 0 Å². The maximum absolute atomic E-state index is 12.2. The fourth-order valence-electron chi connectivity index (χ4n) is 0.791. The fraction of sp³-hybridized carbons (Fsp3) is 0.429. The van der Waals surface area contributed by atoms with Gasteiger partial charge >= 0.3 is 11.8 Å². The standard InChI is InChI=1S/C7H7F3N2/c1-3-4-5(2)6(11-12-6)7(8,9)10/h3-4H,2H2,1H3/b4-3-. The van der Waals surface area contributed by atoms with E-state index in [1.807, 2.05) is 0 Å². The topological polar surface area (TPSA) is 24.7 Å². The Bertz CT molecular complexity index is 256. The number of hydrogen-bond donors (Lipinski definition) is 0. The third-order valence-electron chi connectivity index (χ3n) is 1.51. The molecule has 0 N–H and O–H groups in total. The lowest BCUT2D eigenvalue weighted by molar-refractivity contribution is -0.152. The van der Waals surface area contributed by atoms with E-state index >= 15 is 0 Å². The smallest absolute Gasteiger partial charge is 0.166 e. The minimum Gasteiger partial charge on any atom is -0.166 e. The average molecular weight is 176 g/mol. The highest BCUT2D eigenvalue weighted by Gasteiger charge is 2.65. The highest BCUT2D eigenvalue weighted by Crippen LogP contribution is 2.49. The minimum absolute atomic E-state index is 0.141. The Morgan fingerprint density at radius 2 is 1.92 bits per heavy atom. The van der Waals surface area contributed by atoms with Crippen LogP contribution in [0.2, 0.25) is 0 Å². The number of hydrogen-bond acceptors (Lipinski definition) is 2. The highest BCUT2D eigenvalue weighted by molar-refractivity contribution is 5.33. The molecule has 0 aromatic carbocycles. The van der Waals surface area contributed by atoms with Crippen LogP contribution in [0.5, 0.6) is 0 Å². The largest absolute Gasteiger partial charge is 0.442 e. The van der Waals surface area contributed by atoms with Crippen LogP contribution < -0.4 is 0 Å². The molecule has 0 unspecified atom stereocenters. The molecule has 0 aromatic heterocycles. The first-order valence-corrected chi connectivity index (χ1v) is 3.27. The van der Waals surface area contributed by atoms with Crippen LogP contribution in [-0.2, 0) is 0 Å². The molecule has 1 aliphatic rings. The minimum atomic E-state index is -4.45. The molecule has 0 saturated carbocycles. The summed E-state index contributed by atoms with van der Waals surface area (Å²) in [6.45, 7) is 4.86. The molecule has 0 aromatic rings. The first kappa shape index (κ1) is 8.96. The molecule has 0 amide bonds. The van der Waals surface area contributed by atoms with Crippen molar-refractivity contribution in [3.8, 4) is 0 Å². The molecule has 0 aliphatic carbocycles. The van der Waals surface area contributed by atoms with E-state index in [1.165, 1.54) is 12.2 Å². The second-order valence-corrected chi connectivity index (χ2v) is 2.40. The van der Waals surface area contributed by atoms with Gasteiger partial charge in [-0.1, -0.05) is 18.7 Å². The maximum atomic E-state index is 12.2. The van der Waals surface area contributed by atoms with Gasteiger partial charge in [0.2, 0.25) is 0 Å². The zero-order valence-corrected chi connectivity index (χ0v) is 6.39. The number of halogens is 3. The average Bonchev–Trinajstić information content (AvgIpc) is 2.63. The van der Waals surface area contributed by atoms with Gasteiger partial charge in [0, 0.05) is 5.57 Å². The summed E-state index contributed by atoms with van der Waals surface area (Å²) in [6, 6.07) is 0. The molecule has 66 valence electrons. The van der Waals surface area contributed by atoms with Crippen LogP contribution >= 0.6 is 0 Å². The molecule has 0 radical (unpaired) electrons. The van der Waals surface area contributed by atoms with E-state index in [0.29, 0.717) is 0 Å². The van der Waals surface area contributed by atoms with Crippen molar-refractivity contribution in [2.45, 2.75) is 18.8 Å². The summed E-state index contributed by atoms with van der Waals surface area (Å²) in [7, 11) is 0. The Balaban J connectivity index is 2.81. The van der Waals surface area contributed by atoms with Crippen LogP contribution in [-0.4, -0.2) is 11.8 Å². The summed E-state index contributed by atoms with van der Waals surface area (Å²) >= 11 is 0. The lowest BCUT2D eigenvalue weighted by atomic mass is 10.1. The van der Waals surface area contributed by atoms with E-state index in [9.17, 15) is 13.2 Å². The first-order valence-electron chi connectivity index (χ1n) is 3.27. The van der Waals surface area contributed by atoms with Crippen molar-refractivity contribution >= 4 is 0 Å². The molecule has 2 nitrogen and oxygen atoms in total. The second-order valence-electron chi connectivity index (χ2n) is 2.40. The summed E-state index contributed by atoms with van der Waals surface area (Å²) in [5.74, 6) is 0. The van der Waals surface area contributed by atoms with Gasteiger partial charge in [-0.05, 0) is 6.92 Å². The van der Waals surface area contributed by atoms with Crippen molar-refractivity contribution in [3.63, 3.8) is 0 Å². The fourth-order valence-corrected chi connectivity index (χ4v) is 0.791. The Morgan fingerprint density at radius 3 is 2.17 bits per heavy atom. The van der Waals surface area contributed by atoms with E-state index in [2.05, 4.69) is 16.8 Å². The molecule has 0 fully saturated rings. The lowest BCUT2D eigenvalue weighted by Gasteiger charge is -2.13. The lowest BCUT2D eigenvalue weighted by Crippen LogP contribution is -2.33. The molecular formula is C7H7F3N2. The normalized spacial score (nSPS) is 20.0. The third-order valence-corrected chi connectivity index (χ3v) is 1.51. The van der Waals surface area contributed by atoms with Crippen LogP contribution in [0.3, 0.4) is 0 Å². The Morgan fingerprint density at radius 1 is 1.42 bits per heavy atom. The molecule has 0 bridgehead atoms. The molecular weight excluding hydrogens is 169 g/mol. The van der Waals surface area contributed by atoms with E-state index in [4.69, 9.17) is 0 Å². The molecule has 0 saturated heterocycles. The molecule has 1 heterocycles. The van der Waals surface area contributed by atoms with Gasteiger partial charge in [-0.3, -0.25) is 0 Å². The zero-order valence-electron chi connectivity index (χ0n) is 6.39. The van der Waals surface area contributed by atoms with Crippen LogP contribution in [0.1, 0.15) is 6.92 Å². The van der Waals surface area contributed by atoms with E-state index in [-0.39, 0.29) is 5.57 Å². The summed E-state index contributed by atoms with van der Waals surface area (Å²) in [4.78, 5) is 0. The van der Waals surface area contributed by atoms with Crippen LogP contribution in [0.15, 0.2) is 34.5 Å². The van der Waals surface area contributed by atoms with Gasteiger partial charge in [0.15, 0.2) is 0 Å². The molecule has 1 rings (SSSR count). The van der Waals surface area contributed by atoms with Crippen molar-refractivity contribution < 1.29 is 13.2 Å². The predicted molar refractivity (Wildman–Crippen MR) is 37.6 cm³/mol. The van der Waals surface area contributed by atoms with Gasteiger partial charge in [0.1, 0.15) is 0 Å². The summed E-state index contributed by atoms with van der Waals surface area (Å²) in [5.41, 5.74) is -2.48. The Labute approximate surface area is 67.5 Å². The van der Waals surface area contributed by atoms with Crippen molar-refractivity contribution in [2.75, 3.05) is 0 Å². The van der Waals surface area contributed by atoms with Crippen molar-refractivity contribution in [3.05, 3.63) is 24.3 Å². The van der Waals surface area contributed by atoms with Gasteiger partial charge in [-0.2, -0.15) is 13.2 Å². The molecule has 0 spiro atoms. The Hall–Kier alpha value is -1.13. The molecule has 1 aliphatic heterocycles. The number of rotatable bonds is 2. The number of alkyl halides is 3. The number of allylic oxidation sites excluding steroid dienone is 1. The summed E-state index contributed by atoms with van der Waals surface area (Å²) in [6.07, 6.45) is -1.73. The Kier molecular flexibility index (Phi) is 1.82. The number of nitrogens with zero attached hydrogens (tertiary/aromatic N) is 2. The summed E-state index contributed by atoms with van der Waals surface area (Å²) < 4.78 is 36.6. The van der Waals surface area contributed by atoms with E-state index < -0.39 is 11.8 Å². The summed E-state index contributed by atoms with van der Waals surface area (Å²) in [5, 5.41) is 5.95. The van der Waals surface area contributed by atoms with Gasteiger partial charge in [0.05, 0.1) is 0 Å². The monoisotopic (exact) mass is 176 g/mol. The van der Waals surface area contributed by atoms with Crippen molar-refractivity contribution in [1.29, 1.82) is 0 Å². The van der Waals surface area contributed by atoms with Crippen LogP contribution in [0.4, 0.5) is 13.2 Å². The maximum Gasteiger partial charge on any atom is 0.442 e. The molecule has 5 heteroatoms. The SMILES string of the molecule is C=C(/C=C\C)C1(C(F)(F)F)N=N1. The van der Waals surface area contributed by atoms with Gasteiger partial charge < -0.3 is 0 Å². The quantitative estimate of drug-likeness (QED) is 0.578. The predicted octanol–water partition coefficient (Wildman–Crippen LogP) is 2.84. The van der Waals surface area contributed by atoms with Gasteiger partial charge in [0.25, 0.3) is 0 Å². The van der Waals surface area contributed by atoms with E-state index in [1.54, 1.807) is 6.92 Å². The molecule has 0 atom stereocenters.